The summed E-state index contributed by atoms with van der Waals surface area (Å²) in [6.07, 6.45) is 6.30. The standard InChI is InChI=1S/C37H49N5O6/c1-37(2,3)48-36(45)40-33-22-30(35(44)39-29-19-11-13-21-32(29)47-25-27-16-8-5-9-17-27)42(41-33)23-34(43)38-28-18-10-12-20-31(28)46-24-26-14-6-4-7-15-26/h4-9,14-17,22,28-29,31-32H,10-13,18-21,23-25H2,1-3H3,(H,38,43)(H,39,44)(H,40,41,45)/t28?,29-,31-,32-/m0/s1. The Morgan fingerprint density at radius 3 is 1.83 bits per heavy atom. The maximum absolute atomic E-state index is 13.8. The van der Waals surface area contributed by atoms with Gasteiger partial charge >= 0.3 is 6.09 Å². The predicted molar refractivity (Wildman–Crippen MR) is 182 cm³/mol. The second-order valence-electron chi connectivity index (χ2n) is 13.7. The van der Waals surface area contributed by atoms with Gasteiger partial charge in [-0.15, -0.1) is 0 Å². The molecule has 2 saturated carbocycles. The number of nitrogens with one attached hydrogen (secondary N) is 3. The Kier molecular flexibility index (Phi) is 12.2. The second kappa shape index (κ2) is 16.7. The Hall–Kier alpha value is -4.22. The normalized spacial score (nSPS) is 21.2. The van der Waals surface area contributed by atoms with Gasteiger partial charge in [0, 0.05) is 6.07 Å². The summed E-state index contributed by atoms with van der Waals surface area (Å²) in [5.41, 5.74) is 1.59. The monoisotopic (exact) mass is 659 g/mol. The number of ether oxygens (including phenoxy) is 3. The molecule has 1 unspecified atom stereocenters. The number of hydrogen-bond acceptors (Lipinski definition) is 7. The van der Waals surface area contributed by atoms with Crippen molar-refractivity contribution in [3.8, 4) is 0 Å². The zero-order chi connectivity index (χ0) is 33.9. The van der Waals surface area contributed by atoms with Crippen molar-refractivity contribution in [2.24, 2.45) is 0 Å². The molecule has 48 heavy (non-hydrogen) atoms. The minimum atomic E-state index is -0.721. The molecule has 0 aliphatic heterocycles. The van der Waals surface area contributed by atoms with Crippen molar-refractivity contribution in [2.75, 3.05) is 5.32 Å². The molecule has 2 aliphatic carbocycles. The average molecular weight is 660 g/mol. The fourth-order valence-corrected chi connectivity index (χ4v) is 6.30. The van der Waals surface area contributed by atoms with Gasteiger partial charge in [-0.2, -0.15) is 5.10 Å². The maximum atomic E-state index is 13.8. The minimum absolute atomic E-state index is 0.115. The summed E-state index contributed by atoms with van der Waals surface area (Å²) in [5.74, 6) is -0.572. The van der Waals surface area contributed by atoms with Crippen LogP contribution in [-0.2, 0) is 38.8 Å². The molecule has 3 amide bonds. The Bertz CT molecular complexity index is 1490. The fourth-order valence-electron chi connectivity index (χ4n) is 6.30. The van der Waals surface area contributed by atoms with E-state index in [4.69, 9.17) is 14.2 Å². The van der Waals surface area contributed by atoms with E-state index >= 15 is 0 Å². The zero-order valence-corrected chi connectivity index (χ0v) is 28.3. The molecule has 3 N–H and O–H groups in total. The number of benzene rings is 2. The highest BCUT2D eigenvalue weighted by Crippen LogP contribution is 2.25. The third-order valence-corrected chi connectivity index (χ3v) is 8.62. The van der Waals surface area contributed by atoms with E-state index in [1.54, 1.807) is 20.8 Å². The van der Waals surface area contributed by atoms with Gasteiger partial charge in [0.1, 0.15) is 17.8 Å². The molecule has 2 aliphatic rings. The van der Waals surface area contributed by atoms with Crippen LogP contribution in [0.3, 0.4) is 0 Å². The van der Waals surface area contributed by atoms with E-state index in [-0.39, 0.29) is 48.3 Å². The molecule has 1 heterocycles. The third-order valence-electron chi connectivity index (χ3n) is 8.62. The second-order valence-corrected chi connectivity index (χ2v) is 13.7. The first kappa shape index (κ1) is 35.1. The molecule has 11 nitrogen and oxygen atoms in total. The van der Waals surface area contributed by atoms with E-state index in [0.29, 0.717) is 13.2 Å². The van der Waals surface area contributed by atoms with Gasteiger partial charge in [-0.3, -0.25) is 14.9 Å². The summed E-state index contributed by atoms with van der Waals surface area (Å²) in [6, 6.07) is 21.0. The number of nitrogens with zero attached hydrogens (tertiary/aromatic N) is 2. The van der Waals surface area contributed by atoms with Crippen LogP contribution in [0.2, 0.25) is 0 Å². The van der Waals surface area contributed by atoms with Gasteiger partial charge in [-0.1, -0.05) is 86.3 Å². The first-order valence-corrected chi connectivity index (χ1v) is 17.1. The van der Waals surface area contributed by atoms with Crippen molar-refractivity contribution in [2.45, 2.75) is 122 Å². The fraction of sp³-hybridized carbons (Fsp3) is 0.514. The Morgan fingerprint density at radius 1 is 0.771 bits per heavy atom. The Balaban J connectivity index is 1.27. The molecule has 5 rings (SSSR count). The predicted octanol–water partition coefficient (Wildman–Crippen LogP) is 6.13. The van der Waals surface area contributed by atoms with Gasteiger partial charge in [0.15, 0.2) is 5.82 Å². The van der Waals surface area contributed by atoms with Crippen LogP contribution in [0.15, 0.2) is 66.7 Å². The lowest BCUT2D eigenvalue weighted by molar-refractivity contribution is -0.124. The topological polar surface area (TPSA) is 133 Å². The summed E-state index contributed by atoms with van der Waals surface area (Å²) < 4.78 is 19.2. The molecule has 258 valence electrons. The van der Waals surface area contributed by atoms with E-state index in [0.717, 1.165) is 62.5 Å². The van der Waals surface area contributed by atoms with Crippen molar-refractivity contribution in [1.82, 2.24) is 20.4 Å². The summed E-state index contributed by atoms with van der Waals surface area (Å²) in [6.45, 7) is 6.00. The van der Waals surface area contributed by atoms with E-state index in [1.807, 2.05) is 60.7 Å². The largest absolute Gasteiger partial charge is 0.444 e. The highest BCUT2D eigenvalue weighted by Gasteiger charge is 2.31. The number of hydrogen-bond donors (Lipinski definition) is 3. The quantitative estimate of drug-likeness (QED) is 0.213. The van der Waals surface area contributed by atoms with E-state index < -0.39 is 17.6 Å². The van der Waals surface area contributed by atoms with Gasteiger partial charge in [0.2, 0.25) is 5.91 Å². The van der Waals surface area contributed by atoms with Gasteiger partial charge in [0.05, 0.1) is 37.5 Å². The molecule has 2 fully saturated rings. The molecule has 2 aromatic carbocycles. The van der Waals surface area contributed by atoms with Crippen molar-refractivity contribution >= 4 is 23.7 Å². The highest BCUT2D eigenvalue weighted by molar-refractivity contribution is 5.95. The van der Waals surface area contributed by atoms with Crippen molar-refractivity contribution in [1.29, 1.82) is 0 Å². The third kappa shape index (κ3) is 10.6. The molecular formula is C37H49N5O6. The van der Waals surface area contributed by atoms with E-state index in [9.17, 15) is 14.4 Å². The molecule has 11 heteroatoms. The number of carbonyl (C=O) groups excluding carboxylic acids is 3. The lowest BCUT2D eigenvalue weighted by Crippen LogP contribution is -2.48. The summed E-state index contributed by atoms with van der Waals surface area (Å²) in [4.78, 5) is 39.8. The van der Waals surface area contributed by atoms with Crippen LogP contribution in [0, 0.1) is 0 Å². The molecule has 3 aromatic rings. The van der Waals surface area contributed by atoms with Gasteiger partial charge in [0.25, 0.3) is 5.91 Å². The zero-order valence-electron chi connectivity index (χ0n) is 28.3. The number of anilines is 1. The van der Waals surface area contributed by atoms with Gasteiger partial charge in [-0.25, -0.2) is 9.48 Å². The number of amides is 3. The number of aromatic nitrogens is 2. The summed E-state index contributed by atoms with van der Waals surface area (Å²) in [5, 5.41) is 13.3. The summed E-state index contributed by atoms with van der Waals surface area (Å²) in [7, 11) is 0. The number of carbonyl (C=O) groups is 3. The highest BCUT2D eigenvalue weighted by atomic mass is 16.6. The first-order valence-electron chi connectivity index (χ1n) is 17.1. The maximum Gasteiger partial charge on any atom is 0.413 e. The average Bonchev–Trinajstić information content (AvgIpc) is 3.45. The lowest BCUT2D eigenvalue weighted by Gasteiger charge is -2.32. The smallest absolute Gasteiger partial charge is 0.413 e. The van der Waals surface area contributed by atoms with Gasteiger partial charge in [-0.05, 0) is 57.6 Å². The van der Waals surface area contributed by atoms with Crippen LogP contribution in [0.4, 0.5) is 10.6 Å². The van der Waals surface area contributed by atoms with Crippen molar-refractivity contribution in [3.05, 3.63) is 83.6 Å². The lowest BCUT2D eigenvalue weighted by atomic mass is 9.92. The van der Waals surface area contributed by atoms with Crippen LogP contribution < -0.4 is 16.0 Å². The molecule has 1 aromatic heterocycles. The van der Waals surface area contributed by atoms with Crippen LogP contribution >= 0.6 is 0 Å². The SMILES string of the molecule is CC(C)(C)OC(=O)Nc1cc(C(=O)N[C@H]2CCCC[C@@H]2OCc2ccccc2)n(CC(=O)NC2CCCC[C@@H]2OCc2ccccc2)n1. The van der Waals surface area contributed by atoms with Crippen molar-refractivity contribution < 1.29 is 28.6 Å². The van der Waals surface area contributed by atoms with Gasteiger partial charge < -0.3 is 24.8 Å². The minimum Gasteiger partial charge on any atom is -0.444 e. The number of rotatable bonds is 12. The molecule has 0 saturated heterocycles. The van der Waals surface area contributed by atoms with Crippen LogP contribution in [0.25, 0.3) is 0 Å². The van der Waals surface area contributed by atoms with E-state index in [2.05, 4.69) is 21.0 Å². The van der Waals surface area contributed by atoms with Crippen LogP contribution in [-0.4, -0.2) is 57.6 Å². The van der Waals surface area contributed by atoms with Crippen molar-refractivity contribution in [3.63, 3.8) is 0 Å². The van der Waals surface area contributed by atoms with Crippen LogP contribution in [0.5, 0.6) is 0 Å². The molecule has 0 radical (unpaired) electrons. The first-order chi connectivity index (χ1) is 23.1. The Morgan fingerprint density at radius 2 is 1.29 bits per heavy atom. The molecular weight excluding hydrogens is 610 g/mol. The van der Waals surface area contributed by atoms with Crippen LogP contribution in [0.1, 0.15) is 93.8 Å². The Labute approximate surface area is 283 Å². The molecule has 0 bridgehead atoms. The molecule has 0 spiro atoms. The summed E-state index contributed by atoms with van der Waals surface area (Å²) >= 11 is 0. The van der Waals surface area contributed by atoms with E-state index in [1.165, 1.54) is 10.7 Å². The molecule has 4 atom stereocenters.